The number of nitrogens with zero attached hydrogens (tertiary/aromatic N) is 3. The summed E-state index contributed by atoms with van der Waals surface area (Å²) in [5.74, 6) is 0.670. The van der Waals surface area contributed by atoms with Crippen LogP contribution in [0.15, 0.2) is 22.2 Å². The van der Waals surface area contributed by atoms with Crippen molar-refractivity contribution in [1.82, 2.24) is 14.8 Å². The maximum Gasteiger partial charge on any atom is 0.228 e. The van der Waals surface area contributed by atoms with Gasteiger partial charge in [-0.3, -0.25) is 9.69 Å². The molecule has 140 valence electrons. The fraction of sp³-hybridized carbons (Fsp3) is 0.529. The first-order chi connectivity index (χ1) is 12.5. The van der Waals surface area contributed by atoms with Crippen LogP contribution in [0.25, 0.3) is 10.6 Å². The summed E-state index contributed by atoms with van der Waals surface area (Å²) in [4.78, 5) is 21.3. The number of rotatable bonds is 4. The van der Waals surface area contributed by atoms with Gasteiger partial charge in [-0.25, -0.2) is 13.4 Å². The Morgan fingerprint density at radius 2 is 2.04 bits per heavy atom. The Kier molecular flexibility index (Phi) is 5.13. The summed E-state index contributed by atoms with van der Waals surface area (Å²) in [5.41, 5.74) is 1.93. The summed E-state index contributed by atoms with van der Waals surface area (Å²) in [7, 11) is -2.86. The zero-order chi connectivity index (χ0) is 18.1. The van der Waals surface area contributed by atoms with Crippen molar-refractivity contribution >= 4 is 38.4 Å². The predicted octanol–water partition coefficient (Wildman–Crippen LogP) is 1.75. The molecule has 0 radical (unpaired) electrons. The van der Waals surface area contributed by atoms with E-state index in [4.69, 9.17) is 0 Å². The maximum atomic E-state index is 12.6. The molecule has 0 N–H and O–H groups in total. The van der Waals surface area contributed by atoms with E-state index in [0.717, 1.165) is 35.8 Å². The van der Waals surface area contributed by atoms with E-state index in [1.54, 1.807) is 22.7 Å². The summed E-state index contributed by atoms with van der Waals surface area (Å²) in [6.07, 6.45) is 1.05. The maximum absolute atomic E-state index is 12.6. The molecule has 4 rings (SSSR count). The van der Waals surface area contributed by atoms with Crippen LogP contribution in [0.1, 0.15) is 12.1 Å². The predicted molar refractivity (Wildman–Crippen MR) is 104 cm³/mol. The van der Waals surface area contributed by atoms with Gasteiger partial charge < -0.3 is 4.90 Å². The first-order valence-electron chi connectivity index (χ1n) is 8.69. The molecule has 0 aliphatic carbocycles. The first kappa shape index (κ1) is 18.1. The van der Waals surface area contributed by atoms with Crippen molar-refractivity contribution in [3.05, 3.63) is 27.9 Å². The number of piperazine rings is 1. The number of thiazole rings is 1. The quantitative estimate of drug-likeness (QED) is 0.767. The van der Waals surface area contributed by atoms with Crippen LogP contribution in [0, 0.1) is 0 Å². The van der Waals surface area contributed by atoms with Crippen LogP contribution in [0.4, 0.5) is 0 Å². The van der Waals surface area contributed by atoms with Crippen molar-refractivity contribution in [2.75, 3.05) is 37.7 Å². The molecule has 6 nitrogen and oxygen atoms in total. The SMILES string of the molecule is O=C(Cc1csc(-c2ccsc2)n1)N1CCN(C2CCS(=O)(=O)C2)CC1. The summed E-state index contributed by atoms with van der Waals surface area (Å²) >= 11 is 3.21. The summed E-state index contributed by atoms with van der Waals surface area (Å²) < 4.78 is 23.3. The number of hydrogen-bond acceptors (Lipinski definition) is 7. The number of aromatic nitrogens is 1. The summed E-state index contributed by atoms with van der Waals surface area (Å²) in [5, 5.41) is 7.01. The second-order valence-electron chi connectivity index (χ2n) is 6.81. The van der Waals surface area contributed by atoms with Crippen LogP contribution in [0.3, 0.4) is 0 Å². The number of hydrogen-bond donors (Lipinski definition) is 0. The molecule has 1 amide bonds. The average molecular weight is 412 g/mol. The highest BCUT2D eigenvalue weighted by atomic mass is 32.2. The van der Waals surface area contributed by atoms with E-state index in [2.05, 4.69) is 15.3 Å². The van der Waals surface area contributed by atoms with E-state index in [0.29, 0.717) is 25.3 Å². The number of amides is 1. The minimum atomic E-state index is -2.86. The molecular weight excluding hydrogens is 390 g/mol. The van der Waals surface area contributed by atoms with Crippen LogP contribution < -0.4 is 0 Å². The number of carbonyl (C=O) groups excluding carboxylic acids is 1. The lowest BCUT2D eigenvalue weighted by Gasteiger charge is -2.37. The van der Waals surface area contributed by atoms with Crippen molar-refractivity contribution in [2.24, 2.45) is 0 Å². The molecule has 0 bridgehead atoms. The Morgan fingerprint density at radius 1 is 1.23 bits per heavy atom. The van der Waals surface area contributed by atoms with E-state index in [-0.39, 0.29) is 17.7 Å². The van der Waals surface area contributed by atoms with Gasteiger partial charge in [-0.15, -0.1) is 11.3 Å². The van der Waals surface area contributed by atoms with Gasteiger partial charge in [-0.05, 0) is 17.9 Å². The molecule has 2 saturated heterocycles. The molecule has 0 aromatic carbocycles. The number of carbonyl (C=O) groups is 1. The monoisotopic (exact) mass is 411 g/mol. The fourth-order valence-corrected chi connectivity index (χ4v) is 6.87. The molecule has 2 aromatic rings. The molecular formula is C17H21N3O3S3. The van der Waals surface area contributed by atoms with E-state index in [1.807, 2.05) is 21.7 Å². The van der Waals surface area contributed by atoms with Gasteiger partial charge in [-0.1, -0.05) is 0 Å². The Balaban J connectivity index is 1.30. The zero-order valence-corrected chi connectivity index (χ0v) is 16.8. The molecule has 0 spiro atoms. The molecule has 9 heteroatoms. The van der Waals surface area contributed by atoms with Crippen molar-refractivity contribution in [3.63, 3.8) is 0 Å². The van der Waals surface area contributed by atoms with Gasteiger partial charge in [0.2, 0.25) is 5.91 Å². The van der Waals surface area contributed by atoms with Gasteiger partial charge in [0.25, 0.3) is 0 Å². The highest BCUT2D eigenvalue weighted by Crippen LogP contribution is 2.26. The van der Waals surface area contributed by atoms with E-state index in [1.165, 1.54) is 0 Å². The van der Waals surface area contributed by atoms with Gasteiger partial charge in [0.15, 0.2) is 9.84 Å². The highest BCUT2D eigenvalue weighted by Gasteiger charge is 2.34. The number of thiophene rings is 1. The molecule has 2 aliphatic rings. The van der Waals surface area contributed by atoms with Gasteiger partial charge in [0.05, 0.1) is 23.6 Å². The Morgan fingerprint density at radius 3 is 2.69 bits per heavy atom. The molecule has 2 aliphatic heterocycles. The molecule has 0 saturated carbocycles. The smallest absolute Gasteiger partial charge is 0.228 e. The van der Waals surface area contributed by atoms with Crippen LogP contribution in [-0.2, 0) is 21.1 Å². The summed E-state index contributed by atoms with van der Waals surface area (Å²) in [6, 6.07) is 2.17. The molecule has 1 unspecified atom stereocenters. The lowest BCUT2D eigenvalue weighted by atomic mass is 10.2. The normalized spacial score (nSPS) is 23.4. The Hall–Kier alpha value is -1.29. The largest absolute Gasteiger partial charge is 0.340 e. The van der Waals surface area contributed by atoms with Crippen molar-refractivity contribution in [1.29, 1.82) is 0 Å². The Bertz CT molecular complexity index is 868. The van der Waals surface area contributed by atoms with Crippen LogP contribution in [0.2, 0.25) is 0 Å². The highest BCUT2D eigenvalue weighted by molar-refractivity contribution is 7.91. The summed E-state index contributed by atoms with van der Waals surface area (Å²) in [6.45, 7) is 2.83. The Labute approximate surface area is 161 Å². The van der Waals surface area contributed by atoms with Crippen molar-refractivity contribution in [3.8, 4) is 10.6 Å². The second-order valence-corrected chi connectivity index (χ2v) is 10.7. The minimum absolute atomic E-state index is 0.103. The van der Waals surface area contributed by atoms with Gasteiger partial charge >= 0.3 is 0 Å². The van der Waals surface area contributed by atoms with Crippen LogP contribution in [-0.4, -0.2) is 72.8 Å². The third-order valence-electron chi connectivity index (χ3n) is 5.04. The van der Waals surface area contributed by atoms with Crippen LogP contribution in [0.5, 0.6) is 0 Å². The third kappa shape index (κ3) is 4.00. The van der Waals surface area contributed by atoms with Gasteiger partial charge in [0.1, 0.15) is 5.01 Å². The number of sulfone groups is 1. The molecule has 26 heavy (non-hydrogen) atoms. The lowest BCUT2D eigenvalue weighted by Crippen LogP contribution is -2.52. The average Bonchev–Trinajstić information content (AvgIpc) is 3.35. The fourth-order valence-electron chi connectivity index (χ4n) is 3.57. The van der Waals surface area contributed by atoms with Gasteiger partial charge in [-0.2, -0.15) is 11.3 Å². The standard InChI is InChI=1S/C17H21N3O3S3/c21-16(9-14-11-25-17(18-14)13-1-7-24-10-13)20-5-3-19(4-6-20)15-2-8-26(22,23)12-15/h1,7,10-11,15H,2-6,8-9,12H2. The molecule has 4 heterocycles. The van der Waals surface area contributed by atoms with E-state index < -0.39 is 9.84 Å². The topological polar surface area (TPSA) is 70.6 Å². The van der Waals surface area contributed by atoms with Crippen molar-refractivity contribution in [2.45, 2.75) is 18.9 Å². The minimum Gasteiger partial charge on any atom is -0.340 e. The molecule has 1 atom stereocenters. The molecule has 2 fully saturated rings. The third-order valence-corrected chi connectivity index (χ3v) is 8.42. The zero-order valence-electron chi connectivity index (χ0n) is 14.3. The van der Waals surface area contributed by atoms with E-state index >= 15 is 0 Å². The van der Waals surface area contributed by atoms with Gasteiger partial charge in [0, 0.05) is 48.5 Å². The first-order valence-corrected chi connectivity index (χ1v) is 12.3. The van der Waals surface area contributed by atoms with E-state index in [9.17, 15) is 13.2 Å². The molecule has 2 aromatic heterocycles. The van der Waals surface area contributed by atoms with Crippen LogP contribution >= 0.6 is 22.7 Å². The lowest BCUT2D eigenvalue weighted by molar-refractivity contribution is -0.132. The van der Waals surface area contributed by atoms with Crippen molar-refractivity contribution < 1.29 is 13.2 Å². The second kappa shape index (κ2) is 7.38.